The molecule has 4 aliphatic carbocycles. The summed E-state index contributed by atoms with van der Waals surface area (Å²) in [5, 5.41) is 7.00. The van der Waals surface area contributed by atoms with Gasteiger partial charge in [-0.3, -0.25) is 9.59 Å². The number of amides is 2. The van der Waals surface area contributed by atoms with Gasteiger partial charge in [-0.25, -0.2) is 0 Å². The van der Waals surface area contributed by atoms with E-state index in [1.807, 2.05) is 37.3 Å². The van der Waals surface area contributed by atoms with Crippen LogP contribution < -0.4 is 10.6 Å². The molecule has 0 radical (unpaired) electrons. The summed E-state index contributed by atoms with van der Waals surface area (Å²) < 4.78 is 0. The van der Waals surface area contributed by atoms with E-state index in [4.69, 9.17) is 11.6 Å². The van der Waals surface area contributed by atoms with Crippen LogP contribution in [0.5, 0.6) is 0 Å². The summed E-state index contributed by atoms with van der Waals surface area (Å²) >= 11 is 7.62. The number of hydrogen-bond acceptors (Lipinski definition) is 3. The molecule has 0 heterocycles. The van der Waals surface area contributed by atoms with Crippen LogP contribution in [0.25, 0.3) is 0 Å². The van der Waals surface area contributed by atoms with Crippen LogP contribution in [0.15, 0.2) is 47.4 Å². The van der Waals surface area contributed by atoms with Gasteiger partial charge in [0.25, 0.3) is 5.91 Å². The third kappa shape index (κ3) is 4.42. The van der Waals surface area contributed by atoms with Crippen molar-refractivity contribution in [1.29, 1.82) is 0 Å². The van der Waals surface area contributed by atoms with Gasteiger partial charge in [-0.15, -0.1) is 11.8 Å². The molecule has 168 valence electrons. The lowest BCUT2D eigenvalue weighted by Gasteiger charge is -2.56. The highest BCUT2D eigenvalue weighted by atomic mass is 35.5. The number of thioether (sulfide) groups is 1. The first-order chi connectivity index (χ1) is 15.4. The van der Waals surface area contributed by atoms with E-state index in [1.54, 1.807) is 12.1 Å². The number of rotatable bonds is 6. The summed E-state index contributed by atoms with van der Waals surface area (Å²) in [4.78, 5) is 26.7. The first-order valence-electron chi connectivity index (χ1n) is 11.5. The van der Waals surface area contributed by atoms with Gasteiger partial charge in [0.05, 0.1) is 11.3 Å². The zero-order chi connectivity index (χ0) is 22.3. The fraction of sp³-hybridized carbons (Fsp3) is 0.462. The summed E-state index contributed by atoms with van der Waals surface area (Å²) in [5.74, 6) is 2.61. The molecule has 2 aromatic rings. The van der Waals surface area contributed by atoms with E-state index in [9.17, 15) is 9.59 Å². The summed E-state index contributed by atoms with van der Waals surface area (Å²) in [5.41, 5.74) is 2.12. The van der Waals surface area contributed by atoms with Gasteiger partial charge in [-0.1, -0.05) is 29.8 Å². The summed E-state index contributed by atoms with van der Waals surface area (Å²) in [6.45, 7) is 1.88. The molecule has 6 heteroatoms. The second-order valence-corrected chi connectivity index (χ2v) is 11.3. The van der Waals surface area contributed by atoms with E-state index >= 15 is 0 Å². The van der Waals surface area contributed by atoms with Gasteiger partial charge in [0.15, 0.2) is 0 Å². The number of hydrogen-bond donors (Lipinski definition) is 2. The number of nitrogens with one attached hydrogen (secondary N) is 2. The molecule has 0 spiro atoms. The molecule has 0 unspecified atom stereocenters. The van der Waals surface area contributed by atoms with Gasteiger partial charge in [-0.2, -0.15) is 0 Å². The largest absolute Gasteiger partial charge is 0.350 e. The van der Waals surface area contributed by atoms with Crippen LogP contribution in [0, 0.1) is 24.7 Å². The normalized spacial score (nSPS) is 27.9. The topological polar surface area (TPSA) is 58.2 Å². The van der Waals surface area contributed by atoms with Crippen molar-refractivity contribution in [3.63, 3.8) is 0 Å². The highest BCUT2D eigenvalue weighted by Crippen LogP contribution is 2.55. The monoisotopic (exact) mass is 468 g/mol. The lowest BCUT2D eigenvalue weighted by Crippen LogP contribution is -2.60. The average molecular weight is 469 g/mol. The Balaban J connectivity index is 1.23. The maximum atomic E-state index is 13.0. The van der Waals surface area contributed by atoms with Crippen LogP contribution in [0.1, 0.15) is 54.4 Å². The van der Waals surface area contributed by atoms with Crippen molar-refractivity contribution in [2.45, 2.75) is 55.9 Å². The molecule has 0 aromatic heterocycles. The Hall–Kier alpha value is -1.98. The van der Waals surface area contributed by atoms with Crippen molar-refractivity contribution in [1.82, 2.24) is 5.32 Å². The van der Waals surface area contributed by atoms with Crippen LogP contribution in [-0.2, 0) is 4.79 Å². The fourth-order valence-electron chi connectivity index (χ4n) is 6.45. The van der Waals surface area contributed by atoms with Gasteiger partial charge in [0.1, 0.15) is 0 Å². The van der Waals surface area contributed by atoms with E-state index in [2.05, 4.69) is 10.6 Å². The molecule has 4 nitrogen and oxygen atoms in total. The van der Waals surface area contributed by atoms with Gasteiger partial charge in [0.2, 0.25) is 5.91 Å². The minimum absolute atomic E-state index is 0.0212. The van der Waals surface area contributed by atoms with Crippen LogP contribution in [0.4, 0.5) is 5.69 Å². The van der Waals surface area contributed by atoms with Gasteiger partial charge >= 0.3 is 0 Å². The van der Waals surface area contributed by atoms with Crippen molar-refractivity contribution in [2.75, 3.05) is 11.1 Å². The molecule has 4 saturated carbocycles. The van der Waals surface area contributed by atoms with Gasteiger partial charge < -0.3 is 10.6 Å². The maximum Gasteiger partial charge on any atom is 0.256 e. The number of halogens is 1. The Morgan fingerprint density at radius 2 is 1.66 bits per heavy atom. The van der Waals surface area contributed by atoms with E-state index < -0.39 is 0 Å². The minimum Gasteiger partial charge on any atom is -0.350 e. The molecule has 0 saturated heterocycles. The Bertz CT molecular complexity index is 1020. The smallest absolute Gasteiger partial charge is 0.256 e. The number of anilines is 1. The first-order valence-corrected chi connectivity index (χ1v) is 12.9. The Kier molecular flexibility index (Phi) is 5.98. The van der Waals surface area contributed by atoms with E-state index in [-0.39, 0.29) is 17.4 Å². The van der Waals surface area contributed by atoms with Crippen molar-refractivity contribution in [3.8, 4) is 0 Å². The lowest BCUT2D eigenvalue weighted by molar-refractivity contribution is -0.124. The molecule has 2 aromatic carbocycles. The summed E-state index contributed by atoms with van der Waals surface area (Å²) in [6, 6.07) is 12.9. The Morgan fingerprint density at radius 1 is 1.00 bits per heavy atom. The standard InChI is InChI=1S/C26H29ClN2O2S/c1-16-21(27)6-4-7-22(16)28-25(31)20-5-2-3-8-23(20)32-15-24(30)29-26-12-17-9-18(13-26)11-19(10-17)14-26/h2-8,17-19H,9-15H2,1H3,(H,28,31)(H,29,30). The number of carbonyl (C=O) groups is 2. The SMILES string of the molecule is Cc1c(Cl)cccc1NC(=O)c1ccccc1SCC(=O)NC12CC3CC(CC(C3)C1)C2. The lowest BCUT2D eigenvalue weighted by atomic mass is 9.53. The molecule has 32 heavy (non-hydrogen) atoms. The zero-order valence-corrected chi connectivity index (χ0v) is 19.9. The van der Waals surface area contributed by atoms with Crippen molar-refractivity contribution in [3.05, 3.63) is 58.6 Å². The molecule has 2 amide bonds. The van der Waals surface area contributed by atoms with Crippen molar-refractivity contribution < 1.29 is 9.59 Å². The van der Waals surface area contributed by atoms with Gasteiger partial charge in [-0.05, 0) is 93.0 Å². The highest BCUT2D eigenvalue weighted by molar-refractivity contribution is 8.00. The Labute approximate surface area is 198 Å². The summed E-state index contributed by atoms with van der Waals surface area (Å²) in [7, 11) is 0. The van der Waals surface area contributed by atoms with Gasteiger partial charge in [0, 0.05) is 21.1 Å². The maximum absolute atomic E-state index is 13.0. The molecule has 4 aliphatic rings. The minimum atomic E-state index is -0.194. The van der Waals surface area contributed by atoms with Crippen molar-refractivity contribution >= 4 is 40.9 Å². The molecule has 4 fully saturated rings. The predicted molar refractivity (Wildman–Crippen MR) is 130 cm³/mol. The first kappa shape index (κ1) is 21.8. The number of benzene rings is 2. The van der Waals surface area contributed by atoms with E-state index in [0.29, 0.717) is 22.0 Å². The molecular formula is C26H29ClN2O2S. The van der Waals surface area contributed by atoms with E-state index in [1.165, 1.54) is 31.0 Å². The Morgan fingerprint density at radius 3 is 2.34 bits per heavy atom. The molecular weight excluding hydrogens is 440 g/mol. The fourth-order valence-corrected chi connectivity index (χ4v) is 7.48. The molecule has 6 rings (SSSR count). The van der Waals surface area contributed by atoms with E-state index in [0.717, 1.165) is 47.5 Å². The third-order valence-corrected chi connectivity index (χ3v) is 8.93. The molecule has 2 N–H and O–H groups in total. The quantitative estimate of drug-likeness (QED) is 0.505. The predicted octanol–water partition coefficient (Wildman–Crippen LogP) is 6.08. The second-order valence-electron chi connectivity index (χ2n) is 9.90. The highest BCUT2D eigenvalue weighted by Gasteiger charge is 2.51. The van der Waals surface area contributed by atoms with Crippen LogP contribution in [0.2, 0.25) is 5.02 Å². The van der Waals surface area contributed by atoms with Crippen molar-refractivity contribution in [2.24, 2.45) is 17.8 Å². The molecule has 0 atom stereocenters. The molecule has 4 bridgehead atoms. The molecule has 0 aliphatic heterocycles. The average Bonchev–Trinajstić information content (AvgIpc) is 2.74. The second kappa shape index (κ2) is 8.75. The van der Waals surface area contributed by atoms with Crippen LogP contribution in [-0.4, -0.2) is 23.1 Å². The number of carbonyl (C=O) groups excluding carboxylic acids is 2. The zero-order valence-electron chi connectivity index (χ0n) is 18.3. The van der Waals surface area contributed by atoms with Crippen LogP contribution in [0.3, 0.4) is 0 Å². The summed E-state index contributed by atoms with van der Waals surface area (Å²) in [6.07, 6.45) is 7.52. The third-order valence-electron chi connectivity index (χ3n) is 7.45. The van der Waals surface area contributed by atoms with Crippen LogP contribution >= 0.6 is 23.4 Å².